The van der Waals surface area contributed by atoms with E-state index in [0.717, 1.165) is 11.8 Å². The number of nitrogens with zero attached hydrogens (tertiary/aromatic N) is 1. The van der Waals surface area contributed by atoms with Crippen LogP contribution in [0.25, 0.3) is 0 Å². The summed E-state index contributed by atoms with van der Waals surface area (Å²) in [5.74, 6) is 1.82. The Morgan fingerprint density at radius 2 is 1.53 bits per heavy atom. The Balaban J connectivity index is 1.76. The van der Waals surface area contributed by atoms with Gasteiger partial charge >= 0.3 is 0 Å². The summed E-state index contributed by atoms with van der Waals surface area (Å²) in [4.78, 5) is 2.51. The molecule has 4 N–H and O–H groups in total. The molecule has 3 rings (SSSR count). The number of hydrogen-bond acceptors (Lipinski definition) is 3. The van der Waals surface area contributed by atoms with E-state index in [1.807, 2.05) is 12.1 Å². The first-order valence-corrected chi connectivity index (χ1v) is 6.62. The second-order valence-corrected chi connectivity index (χ2v) is 5.60. The van der Waals surface area contributed by atoms with Crippen LogP contribution in [-0.2, 0) is 0 Å². The highest BCUT2D eigenvalue weighted by atomic mass is 15.1. The van der Waals surface area contributed by atoms with Crippen molar-refractivity contribution in [2.24, 2.45) is 11.8 Å². The number of hydrogen-bond donors (Lipinski definition) is 2. The third-order valence-corrected chi connectivity index (χ3v) is 3.79. The van der Waals surface area contributed by atoms with Gasteiger partial charge < -0.3 is 16.4 Å². The van der Waals surface area contributed by atoms with Gasteiger partial charge in [0.15, 0.2) is 0 Å². The lowest BCUT2D eigenvalue weighted by Crippen LogP contribution is -2.28. The standard InChI is InChI=1S/C14H21N3/c15-13-6-5-12(7-14(13)16)17(8-10-1-2-10)9-11-3-4-11/h5-7,10-11H,1-4,8-9,15-16H2. The van der Waals surface area contributed by atoms with Gasteiger partial charge in [0.2, 0.25) is 0 Å². The molecule has 2 fully saturated rings. The second-order valence-electron chi connectivity index (χ2n) is 5.60. The lowest BCUT2D eigenvalue weighted by Gasteiger charge is -2.25. The Morgan fingerprint density at radius 1 is 0.941 bits per heavy atom. The van der Waals surface area contributed by atoms with Crippen molar-refractivity contribution in [3.63, 3.8) is 0 Å². The summed E-state index contributed by atoms with van der Waals surface area (Å²) in [5, 5.41) is 0. The molecule has 0 saturated heterocycles. The van der Waals surface area contributed by atoms with Gasteiger partial charge in [-0.1, -0.05) is 0 Å². The van der Waals surface area contributed by atoms with Crippen molar-refractivity contribution in [2.45, 2.75) is 25.7 Å². The summed E-state index contributed by atoms with van der Waals surface area (Å²) in [5.41, 5.74) is 14.3. The third kappa shape index (κ3) is 2.65. The van der Waals surface area contributed by atoms with E-state index in [4.69, 9.17) is 11.5 Å². The van der Waals surface area contributed by atoms with E-state index >= 15 is 0 Å². The van der Waals surface area contributed by atoms with Gasteiger partial charge in [-0.2, -0.15) is 0 Å². The van der Waals surface area contributed by atoms with E-state index in [0.29, 0.717) is 11.4 Å². The van der Waals surface area contributed by atoms with Crippen molar-refractivity contribution in [1.29, 1.82) is 0 Å². The molecule has 1 aromatic carbocycles. The summed E-state index contributed by atoms with van der Waals surface area (Å²) >= 11 is 0. The van der Waals surface area contributed by atoms with E-state index in [1.165, 1.54) is 44.5 Å². The minimum Gasteiger partial charge on any atom is -0.397 e. The fraction of sp³-hybridized carbons (Fsp3) is 0.571. The number of anilines is 3. The molecule has 0 amide bonds. The number of rotatable bonds is 5. The number of nitrogen functional groups attached to an aromatic ring is 2. The van der Waals surface area contributed by atoms with Crippen LogP contribution in [0.3, 0.4) is 0 Å². The molecule has 17 heavy (non-hydrogen) atoms. The van der Waals surface area contributed by atoms with Crippen molar-refractivity contribution in [3.05, 3.63) is 18.2 Å². The molecular formula is C14H21N3. The first-order chi connectivity index (χ1) is 8.22. The summed E-state index contributed by atoms with van der Waals surface area (Å²) in [6.07, 6.45) is 5.58. The van der Waals surface area contributed by atoms with Gasteiger partial charge in [0, 0.05) is 18.8 Å². The Morgan fingerprint density at radius 3 is 2.00 bits per heavy atom. The molecule has 3 nitrogen and oxygen atoms in total. The molecule has 0 radical (unpaired) electrons. The maximum Gasteiger partial charge on any atom is 0.0568 e. The predicted molar refractivity (Wildman–Crippen MR) is 72.9 cm³/mol. The van der Waals surface area contributed by atoms with Crippen LogP contribution in [0.15, 0.2) is 18.2 Å². The minimum atomic E-state index is 0.687. The van der Waals surface area contributed by atoms with E-state index in [2.05, 4.69) is 11.0 Å². The normalized spacial score (nSPS) is 19.3. The molecule has 0 aliphatic heterocycles. The van der Waals surface area contributed by atoms with Crippen LogP contribution in [0.5, 0.6) is 0 Å². The largest absolute Gasteiger partial charge is 0.397 e. The van der Waals surface area contributed by atoms with Crippen LogP contribution < -0.4 is 16.4 Å². The van der Waals surface area contributed by atoms with Crippen LogP contribution in [0.1, 0.15) is 25.7 Å². The van der Waals surface area contributed by atoms with Gasteiger partial charge in [-0.15, -0.1) is 0 Å². The van der Waals surface area contributed by atoms with Gasteiger partial charge in [-0.3, -0.25) is 0 Å². The topological polar surface area (TPSA) is 55.3 Å². The maximum atomic E-state index is 5.90. The van der Waals surface area contributed by atoms with E-state index in [9.17, 15) is 0 Å². The molecule has 0 unspecified atom stereocenters. The average molecular weight is 231 g/mol. The van der Waals surface area contributed by atoms with Gasteiger partial charge in [0.05, 0.1) is 11.4 Å². The average Bonchev–Trinajstić information content (AvgIpc) is 3.15. The SMILES string of the molecule is Nc1ccc(N(CC2CC2)CC2CC2)cc1N. The number of nitrogens with two attached hydrogens (primary N) is 2. The predicted octanol–water partition coefficient (Wildman–Crippen LogP) is 2.48. The van der Waals surface area contributed by atoms with Crippen molar-refractivity contribution < 1.29 is 0 Å². The lowest BCUT2D eigenvalue weighted by molar-refractivity contribution is 0.679. The van der Waals surface area contributed by atoms with Crippen LogP contribution in [0.4, 0.5) is 17.1 Å². The number of benzene rings is 1. The molecule has 2 aliphatic carbocycles. The van der Waals surface area contributed by atoms with E-state index in [1.54, 1.807) is 0 Å². The third-order valence-electron chi connectivity index (χ3n) is 3.79. The molecule has 1 aromatic rings. The zero-order valence-electron chi connectivity index (χ0n) is 10.2. The molecule has 0 heterocycles. The monoisotopic (exact) mass is 231 g/mol. The summed E-state index contributed by atoms with van der Waals surface area (Å²) < 4.78 is 0. The quantitative estimate of drug-likeness (QED) is 0.765. The molecular weight excluding hydrogens is 210 g/mol. The van der Waals surface area contributed by atoms with Crippen molar-refractivity contribution in [3.8, 4) is 0 Å². The zero-order chi connectivity index (χ0) is 11.8. The zero-order valence-corrected chi connectivity index (χ0v) is 10.2. The van der Waals surface area contributed by atoms with Crippen molar-refractivity contribution in [1.82, 2.24) is 0 Å². The molecule has 0 aromatic heterocycles. The first-order valence-electron chi connectivity index (χ1n) is 6.62. The van der Waals surface area contributed by atoms with Crippen molar-refractivity contribution >= 4 is 17.1 Å². The highest BCUT2D eigenvalue weighted by Crippen LogP contribution is 2.36. The van der Waals surface area contributed by atoms with Crippen molar-refractivity contribution in [2.75, 3.05) is 29.5 Å². The molecule has 2 aliphatic rings. The van der Waals surface area contributed by atoms with Gasteiger partial charge in [0.25, 0.3) is 0 Å². The fourth-order valence-electron chi connectivity index (χ4n) is 2.27. The molecule has 92 valence electrons. The van der Waals surface area contributed by atoms with Crippen LogP contribution in [0.2, 0.25) is 0 Å². The van der Waals surface area contributed by atoms with E-state index < -0.39 is 0 Å². The van der Waals surface area contributed by atoms with Gasteiger partial charge in [0.1, 0.15) is 0 Å². The van der Waals surface area contributed by atoms with Crippen LogP contribution >= 0.6 is 0 Å². The van der Waals surface area contributed by atoms with Crippen LogP contribution in [-0.4, -0.2) is 13.1 Å². The smallest absolute Gasteiger partial charge is 0.0568 e. The minimum absolute atomic E-state index is 0.687. The second kappa shape index (κ2) is 4.13. The maximum absolute atomic E-state index is 5.90. The van der Waals surface area contributed by atoms with Crippen LogP contribution in [0, 0.1) is 11.8 Å². The summed E-state index contributed by atoms with van der Waals surface area (Å²) in [7, 11) is 0. The molecule has 2 saturated carbocycles. The summed E-state index contributed by atoms with van der Waals surface area (Å²) in [6.45, 7) is 2.39. The Labute approximate surface area is 103 Å². The molecule has 0 spiro atoms. The Kier molecular flexibility index (Phi) is 2.61. The van der Waals surface area contributed by atoms with Gasteiger partial charge in [-0.25, -0.2) is 0 Å². The highest BCUT2D eigenvalue weighted by Gasteiger charge is 2.29. The molecule has 0 bridgehead atoms. The fourth-order valence-corrected chi connectivity index (χ4v) is 2.27. The van der Waals surface area contributed by atoms with E-state index in [-0.39, 0.29) is 0 Å². The first kappa shape index (κ1) is 10.8. The lowest BCUT2D eigenvalue weighted by atomic mass is 10.2. The van der Waals surface area contributed by atoms with Gasteiger partial charge in [-0.05, 0) is 55.7 Å². The molecule has 3 heteroatoms. The Hall–Kier alpha value is -1.38. The summed E-state index contributed by atoms with van der Waals surface area (Å²) in [6, 6.07) is 6.06. The molecule has 0 atom stereocenters. The highest BCUT2D eigenvalue weighted by molar-refractivity contribution is 5.69. The Bertz CT molecular complexity index is 394.